The fraction of sp³-hybridized carbons (Fsp3) is 0.375. The molecule has 0 spiro atoms. The molecule has 1 fully saturated rings. The Balaban J connectivity index is 1.46. The smallest absolute Gasteiger partial charge is 0.250 e. The van der Waals surface area contributed by atoms with Crippen molar-refractivity contribution in [2.24, 2.45) is 0 Å². The van der Waals surface area contributed by atoms with Crippen LogP contribution in [0.2, 0.25) is 0 Å². The first kappa shape index (κ1) is 18.8. The quantitative estimate of drug-likeness (QED) is 0.731. The molecule has 1 amide bonds. The molecule has 2 aromatic heterocycles. The Labute approximate surface area is 156 Å². The fourth-order valence-electron chi connectivity index (χ4n) is 2.45. The highest BCUT2D eigenvalue weighted by molar-refractivity contribution is 7.91. The molecular weight excluding hydrogens is 376 g/mol. The van der Waals surface area contributed by atoms with Gasteiger partial charge in [-0.2, -0.15) is 0 Å². The van der Waals surface area contributed by atoms with Crippen LogP contribution < -0.4 is 14.9 Å². The first-order valence-electron chi connectivity index (χ1n) is 8.16. The number of nitrogens with one attached hydrogen (secondary N) is 2. The maximum Gasteiger partial charge on any atom is 0.250 e. The first-order chi connectivity index (χ1) is 12.5. The van der Waals surface area contributed by atoms with E-state index in [9.17, 15) is 13.2 Å². The summed E-state index contributed by atoms with van der Waals surface area (Å²) >= 11 is 1.13. The first-order valence-corrected chi connectivity index (χ1v) is 10.5. The monoisotopic (exact) mass is 396 g/mol. The van der Waals surface area contributed by atoms with Gasteiger partial charge in [-0.1, -0.05) is 6.07 Å². The Kier molecular flexibility index (Phi) is 6.20. The molecule has 0 aliphatic carbocycles. The van der Waals surface area contributed by atoms with Crippen LogP contribution in [0.4, 0.5) is 11.5 Å². The molecule has 26 heavy (non-hydrogen) atoms. The summed E-state index contributed by atoms with van der Waals surface area (Å²) in [6.45, 7) is 2.99. The van der Waals surface area contributed by atoms with E-state index in [0.717, 1.165) is 30.2 Å². The lowest BCUT2D eigenvalue weighted by Gasteiger charge is -2.27. The van der Waals surface area contributed by atoms with E-state index in [1.165, 1.54) is 6.07 Å². The van der Waals surface area contributed by atoms with Crippen molar-refractivity contribution in [1.82, 2.24) is 9.71 Å². The largest absolute Gasteiger partial charge is 0.378 e. The van der Waals surface area contributed by atoms with Crippen molar-refractivity contribution in [2.75, 3.05) is 43.1 Å². The number of carbonyl (C=O) groups is 1. The van der Waals surface area contributed by atoms with E-state index in [1.807, 2.05) is 6.07 Å². The minimum atomic E-state index is -3.54. The molecule has 0 saturated carbocycles. The second kappa shape index (κ2) is 8.58. The molecule has 2 N–H and O–H groups in total. The van der Waals surface area contributed by atoms with Crippen LogP contribution in [0.5, 0.6) is 0 Å². The standard InChI is InChI=1S/C16H20N4O4S2/c21-15(5-6-18-26(22,23)16-2-1-11-25-16)19-13-3-4-14(17-12-13)20-7-9-24-10-8-20/h1-4,11-12,18H,5-10H2,(H,19,21). The number of nitrogens with zero attached hydrogens (tertiary/aromatic N) is 2. The number of carbonyl (C=O) groups excluding carboxylic acids is 1. The average molecular weight is 396 g/mol. The number of anilines is 2. The topological polar surface area (TPSA) is 101 Å². The number of hydrogen-bond acceptors (Lipinski definition) is 7. The van der Waals surface area contributed by atoms with Crippen LogP contribution in [-0.4, -0.2) is 52.2 Å². The Morgan fingerprint density at radius 2 is 2.08 bits per heavy atom. The van der Waals surface area contributed by atoms with Crippen molar-refractivity contribution < 1.29 is 17.9 Å². The third kappa shape index (κ3) is 5.01. The maximum absolute atomic E-state index is 12.0. The van der Waals surface area contributed by atoms with E-state index < -0.39 is 10.0 Å². The van der Waals surface area contributed by atoms with Crippen molar-refractivity contribution in [2.45, 2.75) is 10.6 Å². The molecule has 1 saturated heterocycles. The molecule has 0 bridgehead atoms. The van der Waals surface area contributed by atoms with E-state index in [0.29, 0.717) is 18.9 Å². The van der Waals surface area contributed by atoms with Crippen LogP contribution in [0.3, 0.4) is 0 Å². The molecule has 0 atom stereocenters. The van der Waals surface area contributed by atoms with Crippen LogP contribution in [-0.2, 0) is 19.6 Å². The number of ether oxygens (including phenoxy) is 1. The van der Waals surface area contributed by atoms with Gasteiger partial charge in [0.1, 0.15) is 10.0 Å². The molecule has 0 unspecified atom stereocenters. The van der Waals surface area contributed by atoms with E-state index in [4.69, 9.17) is 4.74 Å². The summed E-state index contributed by atoms with van der Waals surface area (Å²) in [4.78, 5) is 18.4. The lowest BCUT2D eigenvalue weighted by molar-refractivity contribution is -0.116. The molecule has 3 rings (SSSR count). The highest BCUT2D eigenvalue weighted by atomic mass is 32.2. The van der Waals surface area contributed by atoms with Gasteiger partial charge in [0.25, 0.3) is 0 Å². The molecule has 0 radical (unpaired) electrons. The summed E-state index contributed by atoms with van der Waals surface area (Å²) in [7, 11) is -3.54. The molecular formula is C16H20N4O4S2. The fourth-order valence-corrected chi connectivity index (χ4v) is 4.52. The van der Waals surface area contributed by atoms with Gasteiger partial charge in [-0.15, -0.1) is 11.3 Å². The lowest BCUT2D eigenvalue weighted by Crippen LogP contribution is -2.36. The Bertz CT molecular complexity index is 816. The zero-order valence-electron chi connectivity index (χ0n) is 14.1. The average Bonchev–Trinajstić information content (AvgIpc) is 3.19. The summed E-state index contributed by atoms with van der Waals surface area (Å²) in [6, 6.07) is 6.82. The van der Waals surface area contributed by atoms with Gasteiger partial charge in [-0.05, 0) is 23.6 Å². The second-order valence-electron chi connectivity index (χ2n) is 5.63. The number of pyridine rings is 1. The number of morpholine rings is 1. The summed E-state index contributed by atoms with van der Waals surface area (Å²) in [5, 5.41) is 4.41. The Morgan fingerprint density at radius 1 is 1.27 bits per heavy atom. The highest BCUT2D eigenvalue weighted by Gasteiger charge is 2.15. The van der Waals surface area contributed by atoms with Gasteiger partial charge in [0.15, 0.2) is 0 Å². The molecule has 0 aromatic carbocycles. The van der Waals surface area contributed by atoms with Crippen LogP contribution in [0.25, 0.3) is 0 Å². The number of amides is 1. The van der Waals surface area contributed by atoms with Crippen molar-refractivity contribution in [3.63, 3.8) is 0 Å². The Hall–Kier alpha value is -2.01. The highest BCUT2D eigenvalue weighted by Crippen LogP contribution is 2.16. The minimum Gasteiger partial charge on any atom is -0.378 e. The van der Waals surface area contributed by atoms with Crippen molar-refractivity contribution in [3.05, 3.63) is 35.8 Å². The third-order valence-corrected chi connectivity index (χ3v) is 6.63. The molecule has 8 nitrogen and oxygen atoms in total. The minimum absolute atomic E-state index is 0.0331. The number of sulfonamides is 1. The zero-order valence-corrected chi connectivity index (χ0v) is 15.7. The van der Waals surface area contributed by atoms with Crippen molar-refractivity contribution >= 4 is 38.8 Å². The van der Waals surface area contributed by atoms with E-state index in [2.05, 4.69) is 19.9 Å². The molecule has 3 heterocycles. The number of hydrogen-bond donors (Lipinski definition) is 2. The van der Waals surface area contributed by atoms with Gasteiger partial charge in [-0.25, -0.2) is 18.1 Å². The van der Waals surface area contributed by atoms with Gasteiger partial charge >= 0.3 is 0 Å². The van der Waals surface area contributed by atoms with E-state index in [1.54, 1.807) is 23.7 Å². The summed E-state index contributed by atoms with van der Waals surface area (Å²) in [5.74, 6) is 0.565. The van der Waals surface area contributed by atoms with E-state index in [-0.39, 0.29) is 23.1 Å². The molecule has 10 heteroatoms. The predicted molar refractivity (Wildman–Crippen MR) is 100 cm³/mol. The predicted octanol–water partition coefficient (Wildman–Crippen LogP) is 1.29. The maximum atomic E-state index is 12.0. The molecule has 140 valence electrons. The van der Waals surface area contributed by atoms with Crippen LogP contribution in [0.15, 0.2) is 40.1 Å². The summed E-state index contributed by atoms with van der Waals surface area (Å²) in [6.07, 6.45) is 1.63. The van der Waals surface area contributed by atoms with Gasteiger partial charge < -0.3 is 15.0 Å². The third-order valence-electron chi connectivity index (χ3n) is 3.77. The lowest BCUT2D eigenvalue weighted by atomic mass is 10.3. The SMILES string of the molecule is O=C(CCNS(=O)(=O)c1cccs1)Nc1ccc(N2CCOCC2)nc1. The van der Waals surface area contributed by atoms with Crippen molar-refractivity contribution in [3.8, 4) is 0 Å². The van der Waals surface area contributed by atoms with Gasteiger partial charge in [-0.3, -0.25) is 4.79 Å². The number of thiophene rings is 1. The molecule has 1 aliphatic rings. The van der Waals surface area contributed by atoms with Crippen LogP contribution in [0.1, 0.15) is 6.42 Å². The van der Waals surface area contributed by atoms with Gasteiger partial charge in [0, 0.05) is 26.1 Å². The second-order valence-corrected chi connectivity index (χ2v) is 8.57. The van der Waals surface area contributed by atoms with Gasteiger partial charge in [0.05, 0.1) is 25.1 Å². The van der Waals surface area contributed by atoms with Gasteiger partial charge in [0.2, 0.25) is 15.9 Å². The Morgan fingerprint density at radius 3 is 2.73 bits per heavy atom. The zero-order chi connectivity index (χ0) is 18.4. The summed E-state index contributed by atoms with van der Waals surface area (Å²) < 4.78 is 31.9. The van der Waals surface area contributed by atoms with E-state index >= 15 is 0 Å². The number of rotatable bonds is 7. The number of aromatic nitrogens is 1. The van der Waals surface area contributed by atoms with Crippen LogP contribution >= 0.6 is 11.3 Å². The molecule has 1 aliphatic heterocycles. The molecule has 2 aromatic rings. The van der Waals surface area contributed by atoms with Crippen LogP contribution in [0, 0.1) is 0 Å². The normalized spacial score (nSPS) is 15.0. The summed E-state index contributed by atoms with van der Waals surface area (Å²) in [5.41, 5.74) is 0.577. The van der Waals surface area contributed by atoms with Crippen molar-refractivity contribution in [1.29, 1.82) is 0 Å².